The average molecular weight is 244 g/mol. The van der Waals surface area contributed by atoms with Crippen molar-refractivity contribution in [1.29, 1.82) is 0 Å². The molecule has 1 heterocycles. The van der Waals surface area contributed by atoms with Gasteiger partial charge in [0.05, 0.1) is 6.10 Å². The maximum atomic E-state index is 6.43. The van der Waals surface area contributed by atoms with Gasteiger partial charge >= 0.3 is 0 Å². The van der Waals surface area contributed by atoms with Crippen LogP contribution in [0.5, 0.6) is 0 Å². The van der Waals surface area contributed by atoms with Gasteiger partial charge in [-0.25, -0.2) is 0 Å². The Morgan fingerprint density at radius 3 is 2.50 bits per heavy atom. The first kappa shape index (κ1) is 14.2. The zero-order chi connectivity index (χ0) is 12.4. The molecule has 0 radical (unpaired) electrons. The lowest BCUT2D eigenvalue weighted by molar-refractivity contribution is 0.149. The number of nitrogens with zero attached hydrogens (tertiary/aromatic N) is 1. The van der Waals surface area contributed by atoms with E-state index in [1.165, 1.54) is 0 Å². The molecule has 0 aliphatic carbocycles. The maximum absolute atomic E-state index is 6.43. The molecule has 1 aliphatic heterocycles. The quantitative estimate of drug-likeness (QED) is 0.751. The summed E-state index contributed by atoms with van der Waals surface area (Å²) < 4.78 is 6.43. The third-order valence-electron chi connectivity index (χ3n) is 3.83. The third kappa shape index (κ3) is 3.84. The molecule has 0 aromatic heterocycles. The average Bonchev–Trinajstić information content (AvgIpc) is 2.27. The van der Waals surface area contributed by atoms with Gasteiger partial charge in [-0.15, -0.1) is 0 Å². The SMILES string of the molecule is CN1CCNCC(O[Si](C)(C)C(C)(C)C)C1. The lowest BCUT2D eigenvalue weighted by Gasteiger charge is -2.39. The number of rotatable bonds is 2. The molecular formula is C12H28N2OSi. The molecule has 1 aliphatic rings. The predicted octanol–water partition coefficient (Wildman–Crippen LogP) is 1.91. The molecule has 1 atom stereocenters. The van der Waals surface area contributed by atoms with Crippen molar-refractivity contribution in [3.63, 3.8) is 0 Å². The second-order valence-corrected chi connectivity index (χ2v) is 11.2. The summed E-state index contributed by atoms with van der Waals surface area (Å²) in [5.41, 5.74) is 0. The van der Waals surface area contributed by atoms with Crippen molar-refractivity contribution in [1.82, 2.24) is 10.2 Å². The van der Waals surface area contributed by atoms with Crippen LogP contribution in [0, 0.1) is 0 Å². The Morgan fingerprint density at radius 1 is 1.31 bits per heavy atom. The number of hydrogen-bond acceptors (Lipinski definition) is 3. The van der Waals surface area contributed by atoms with Crippen LogP contribution in [-0.2, 0) is 4.43 Å². The summed E-state index contributed by atoms with van der Waals surface area (Å²) >= 11 is 0. The predicted molar refractivity (Wildman–Crippen MR) is 72.4 cm³/mol. The van der Waals surface area contributed by atoms with Gasteiger partial charge in [0.25, 0.3) is 0 Å². The van der Waals surface area contributed by atoms with E-state index in [1.807, 2.05) is 0 Å². The molecule has 0 aromatic carbocycles. The first-order valence-electron chi connectivity index (χ1n) is 6.29. The molecule has 4 heteroatoms. The van der Waals surface area contributed by atoms with E-state index in [4.69, 9.17) is 4.43 Å². The molecule has 3 nitrogen and oxygen atoms in total. The maximum Gasteiger partial charge on any atom is 0.192 e. The van der Waals surface area contributed by atoms with Gasteiger partial charge in [0, 0.05) is 26.2 Å². The number of hydrogen-bond donors (Lipinski definition) is 1. The summed E-state index contributed by atoms with van der Waals surface area (Å²) in [6, 6.07) is 0. The normalized spacial score (nSPS) is 25.5. The Labute approximate surface area is 102 Å². The van der Waals surface area contributed by atoms with Crippen molar-refractivity contribution >= 4 is 8.32 Å². The van der Waals surface area contributed by atoms with E-state index in [0.717, 1.165) is 26.2 Å². The van der Waals surface area contributed by atoms with Gasteiger partial charge in [0.15, 0.2) is 8.32 Å². The van der Waals surface area contributed by atoms with Gasteiger partial charge in [0.1, 0.15) is 0 Å². The van der Waals surface area contributed by atoms with E-state index in [9.17, 15) is 0 Å². The lowest BCUT2D eigenvalue weighted by atomic mass is 10.2. The van der Waals surface area contributed by atoms with Crippen LogP contribution in [0.2, 0.25) is 18.1 Å². The molecule has 0 aromatic rings. The molecule has 1 N–H and O–H groups in total. The van der Waals surface area contributed by atoms with E-state index in [0.29, 0.717) is 11.1 Å². The Hall–Kier alpha value is 0.0969. The minimum absolute atomic E-state index is 0.303. The Morgan fingerprint density at radius 2 is 1.94 bits per heavy atom. The molecular weight excluding hydrogens is 216 g/mol. The first-order chi connectivity index (χ1) is 7.22. The molecule has 1 rings (SSSR count). The van der Waals surface area contributed by atoms with E-state index < -0.39 is 8.32 Å². The minimum Gasteiger partial charge on any atom is -0.411 e. The van der Waals surface area contributed by atoms with E-state index in [2.05, 4.69) is 51.1 Å². The van der Waals surface area contributed by atoms with E-state index in [-0.39, 0.29) is 0 Å². The molecule has 1 unspecified atom stereocenters. The summed E-state index contributed by atoms with van der Waals surface area (Å²) in [7, 11) is 0.565. The van der Waals surface area contributed by atoms with Crippen LogP contribution >= 0.6 is 0 Å². The Kier molecular flexibility index (Phi) is 4.57. The molecule has 0 saturated carbocycles. The van der Waals surface area contributed by atoms with Gasteiger partial charge in [-0.1, -0.05) is 20.8 Å². The fourth-order valence-corrected chi connectivity index (χ4v) is 3.05. The number of nitrogens with one attached hydrogen (secondary N) is 1. The van der Waals surface area contributed by atoms with Crippen molar-refractivity contribution in [2.45, 2.75) is 45.0 Å². The highest BCUT2D eigenvalue weighted by Gasteiger charge is 2.39. The Balaban J connectivity index is 2.58. The van der Waals surface area contributed by atoms with Crippen LogP contribution in [0.25, 0.3) is 0 Å². The smallest absolute Gasteiger partial charge is 0.192 e. The molecule has 1 saturated heterocycles. The van der Waals surface area contributed by atoms with E-state index >= 15 is 0 Å². The molecule has 1 fully saturated rings. The second kappa shape index (κ2) is 5.17. The monoisotopic (exact) mass is 244 g/mol. The fraction of sp³-hybridized carbons (Fsp3) is 1.00. The van der Waals surface area contributed by atoms with Crippen molar-refractivity contribution in [3.05, 3.63) is 0 Å². The third-order valence-corrected chi connectivity index (χ3v) is 8.36. The van der Waals surface area contributed by atoms with Crippen LogP contribution in [0.1, 0.15) is 20.8 Å². The lowest BCUT2D eigenvalue weighted by Crippen LogP contribution is -2.48. The minimum atomic E-state index is -1.61. The summed E-state index contributed by atoms with van der Waals surface area (Å²) in [5.74, 6) is 0. The summed E-state index contributed by atoms with van der Waals surface area (Å²) in [5, 5.41) is 3.76. The Bertz CT molecular complexity index is 226. The van der Waals surface area contributed by atoms with Crippen molar-refractivity contribution < 1.29 is 4.43 Å². The topological polar surface area (TPSA) is 24.5 Å². The molecule has 16 heavy (non-hydrogen) atoms. The zero-order valence-corrected chi connectivity index (χ0v) is 12.8. The van der Waals surface area contributed by atoms with Crippen LogP contribution < -0.4 is 5.32 Å². The first-order valence-corrected chi connectivity index (χ1v) is 9.20. The molecule has 96 valence electrons. The highest BCUT2D eigenvalue weighted by Crippen LogP contribution is 2.37. The fourth-order valence-electron chi connectivity index (χ4n) is 1.71. The van der Waals surface area contributed by atoms with Crippen LogP contribution in [0.15, 0.2) is 0 Å². The van der Waals surface area contributed by atoms with E-state index in [1.54, 1.807) is 0 Å². The van der Waals surface area contributed by atoms with Crippen LogP contribution in [0.3, 0.4) is 0 Å². The van der Waals surface area contributed by atoms with Crippen molar-refractivity contribution in [3.8, 4) is 0 Å². The van der Waals surface area contributed by atoms with Gasteiger partial charge in [-0.2, -0.15) is 0 Å². The number of likely N-dealkylation sites (N-methyl/N-ethyl adjacent to an activating group) is 1. The van der Waals surface area contributed by atoms with Gasteiger partial charge in [-0.3, -0.25) is 0 Å². The van der Waals surface area contributed by atoms with Crippen molar-refractivity contribution in [2.75, 3.05) is 33.2 Å². The van der Waals surface area contributed by atoms with Gasteiger partial charge < -0.3 is 14.6 Å². The second-order valence-electron chi connectivity index (χ2n) is 6.47. The molecule has 0 spiro atoms. The zero-order valence-electron chi connectivity index (χ0n) is 11.8. The van der Waals surface area contributed by atoms with Crippen LogP contribution in [0.4, 0.5) is 0 Å². The van der Waals surface area contributed by atoms with Crippen LogP contribution in [-0.4, -0.2) is 52.5 Å². The summed E-state index contributed by atoms with van der Waals surface area (Å²) in [6.45, 7) is 15.8. The largest absolute Gasteiger partial charge is 0.411 e. The highest BCUT2D eigenvalue weighted by molar-refractivity contribution is 6.74. The standard InChI is InChI=1S/C12H28N2OSi/c1-12(2,3)16(5,6)15-11-9-13-7-8-14(4)10-11/h11,13H,7-10H2,1-6H3. The molecule has 0 bridgehead atoms. The highest BCUT2D eigenvalue weighted by atomic mass is 28.4. The van der Waals surface area contributed by atoms with Crippen molar-refractivity contribution in [2.24, 2.45) is 0 Å². The van der Waals surface area contributed by atoms with Gasteiger partial charge in [0.2, 0.25) is 0 Å². The summed E-state index contributed by atoms with van der Waals surface area (Å²) in [4.78, 5) is 2.36. The van der Waals surface area contributed by atoms with Gasteiger partial charge in [-0.05, 0) is 25.2 Å². The summed E-state index contributed by atoms with van der Waals surface area (Å²) in [6.07, 6.45) is 0.355. The molecule has 0 amide bonds.